The molecule has 1 aromatic heterocycles. The highest BCUT2D eigenvalue weighted by Gasteiger charge is 2.47. The minimum absolute atomic E-state index is 0.0308. The number of hydrogen-bond acceptors (Lipinski definition) is 7. The first-order valence-electron chi connectivity index (χ1n) is 12.8. The number of carboxylic acid groups (broad SMARTS) is 2. The molecule has 3 aliphatic rings. The number of nitrogens with zero attached hydrogens (tertiary/aromatic N) is 3. The standard InChI is InChI=1S/C21H31N3O3.2C2HF3O2/c25-20(24-9-3-4-10-24)15-26-11-6-18-7-12-27-21(13-18)16-23(17-21)14-19-5-1-2-8-22-19;2*3-2(4,5)1(6)7/h1-2,5,8,18H,3-4,6-7,9-17H2;2*(H,6,7). The van der Waals surface area contributed by atoms with Gasteiger partial charge in [-0.15, -0.1) is 0 Å². The van der Waals surface area contributed by atoms with Crippen molar-refractivity contribution in [1.29, 1.82) is 0 Å². The number of aliphatic carboxylic acids is 2. The number of carboxylic acids is 2. The van der Waals surface area contributed by atoms with Gasteiger partial charge in [0.1, 0.15) is 6.61 Å². The Hall–Kier alpha value is -2.98. The van der Waals surface area contributed by atoms with E-state index in [4.69, 9.17) is 29.3 Å². The Kier molecular flexibility index (Phi) is 12.8. The van der Waals surface area contributed by atoms with E-state index in [1.165, 1.54) is 0 Å². The summed E-state index contributed by atoms with van der Waals surface area (Å²) in [5.41, 5.74) is 1.15. The highest BCUT2D eigenvalue weighted by atomic mass is 19.4. The minimum Gasteiger partial charge on any atom is -0.475 e. The van der Waals surface area contributed by atoms with Gasteiger partial charge < -0.3 is 24.6 Å². The third kappa shape index (κ3) is 12.2. The Morgan fingerprint density at radius 1 is 1.02 bits per heavy atom. The van der Waals surface area contributed by atoms with E-state index in [1.54, 1.807) is 0 Å². The fourth-order valence-electron chi connectivity index (χ4n) is 4.66. The summed E-state index contributed by atoms with van der Waals surface area (Å²) < 4.78 is 75.3. The number of amides is 1. The number of carbonyl (C=O) groups excluding carboxylic acids is 1. The van der Waals surface area contributed by atoms with Crippen LogP contribution >= 0.6 is 0 Å². The van der Waals surface area contributed by atoms with Gasteiger partial charge in [-0.3, -0.25) is 14.7 Å². The first-order valence-corrected chi connectivity index (χ1v) is 12.8. The van der Waals surface area contributed by atoms with Crippen molar-refractivity contribution in [2.75, 3.05) is 46.0 Å². The molecule has 1 spiro atoms. The van der Waals surface area contributed by atoms with E-state index >= 15 is 0 Å². The van der Waals surface area contributed by atoms with Gasteiger partial charge in [-0.2, -0.15) is 26.3 Å². The van der Waals surface area contributed by atoms with Crippen LogP contribution in [0.1, 0.15) is 37.8 Å². The SMILES string of the molecule is O=C(COCCC1CCOC2(C1)CN(Cc1ccccn1)C2)N1CCCC1.O=C(O)C(F)(F)F.O=C(O)C(F)(F)F. The van der Waals surface area contributed by atoms with E-state index in [9.17, 15) is 31.1 Å². The molecule has 1 amide bonds. The van der Waals surface area contributed by atoms with Gasteiger partial charge in [0, 0.05) is 52.1 Å². The average molecular weight is 602 g/mol. The maximum atomic E-state index is 12.0. The molecule has 1 unspecified atom stereocenters. The lowest BCUT2D eigenvalue weighted by Gasteiger charge is -2.53. The first-order chi connectivity index (χ1) is 19.1. The van der Waals surface area contributed by atoms with Crippen LogP contribution in [0.25, 0.3) is 0 Å². The molecule has 41 heavy (non-hydrogen) atoms. The average Bonchev–Trinajstić information content (AvgIpc) is 3.41. The zero-order valence-corrected chi connectivity index (χ0v) is 22.1. The fraction of sp³-hybridized carbons (Fsp3) is 0.680. The molecule has 0 aliphatic carbocycles. The molecule has 10 nitrogen and oxygen atoms in total. The van der Waals surface area contributed by atoms with Crippen LogP contribution in [-0.4, -0.2) is 107 Å². The smallest absolute Gasteiger partial charge is 0.475 e. The van der Waals surface area contributed by atoms with Gasteiger partial charge in [-0.05, 0) is 50.2 Å². The van der Waals surface area contributed by atoms with Crippen molar-refractivity contribution in [3.63, 3.8) is 0 Å². The van der Waals surface area contributed by atoms with Crippen molar-refractivity contribution in [2.24, 2.45) is 5.92 Å². The highest BCUT2D eigenvalue weighted by Crippen LogP contribution is 2.38. The molecule has 4 heterocycles. The van der Waals surface area contributed by atoms with Crippen LogP contribution in [0.2, 0.25) is 0 Å². The Morgan fingerprint density at radius 3 is 2.12 bits per heavy atom. The van der Waals surface area contributed by atoms with E-state index in [2.05, 4.69) is 16.0 Å². The van der Waals surface area contributed by atoms with E-state index in [0.717, 1.165) is 77.1 Å². The fourth-order valence-corrected chi connectivity index (χ4v) is 4.66. The van der Waals surface area contributed by atoms with Gasteiger partial charge in [0.05, 0.1) is 11.3 Å². The summed E-state index contributed by atoms with van der Waals surface area (Å²) in [6, 6.07) is 6.08. The van der Waals surface area contributed by atoms with Crippen LogP contribution in [0.3, 0.4) is 0 Å². The van der Waals surface area contributed by atoms with Crippen LogP contribution in [0.5, 0.6) is 0 Å². The number of halogens is 6. The molecule has 3 aliphatic heterocycles. The second-order valence-corrected chi connectivity index (χ2v) is 9.89. The molecule has 0 saturated carbocycles. The summed E-state index contributed by atoms with van der Waals surface area (Å²) in [7, 11) is 0. The van der Waals surface area contributed by atoms with Gasteiger partial charge in [0.15, 0.2) is 0 Å². The summed E-state index contributed by atoms with van der Waals surface area (Å²) in [4.78, 5) is 38.6. The number of ether oxygens (including phenoxy) is 2. The summed E-state index contributed by atoms with van der Waals surface area (Å²) in [5.74, 6) is -4.72. The topological polar surface area (TPSA) is 130 Å². The molecular formula is C25H33F6N3O7. The van der Waals surface area contributed by atoms with Crippen LogP contribution in [-0.2, 0) is 30.4 Å². The Labute approximate surface area is 232 Å². The van der Waals surface area contributed by atoms with Crippen molar-refractivity contribution in [2.45, 2.75) is 56.6 Å². The van der Waals surface area contributed by atoms with Gasteiger partial charge in [0.2, 0.25) is 5.91 Å². The predicted molar refractivity (Wildman–Crippen MR) is 130 cm³/mol. The monoisotopic (exact) mass is 601 g/mol. The second-order valence-electron chi connectivity index (χ2n) is 9.89. The number of aromatic nitrogens is 1. The lowest BCUT2D eigenvalue weighted by atomic mass is 9.79. The summed E-state index contributed by atoms with van der Waals surface area (Å²) in [5, 5.41) is 14.2. The van der Waals surface area contributed by atoms with Crippen LogP contribution in [0, 0.1) is 5.92 Å². The molecule has 4 rings (SSSR count). The number of likely N-dealkylation sites (tertiary alicyclic amines) is 2. The van der Waals surface area contributed by atoms with Crippen molar-refractivity contribution in [3.05, 3.63) is 30.1 Å². The normalized spacial score (nSPS) is 20.2. The lowest BCUT2D eigenvalue weighted by molar-refractivity contribution is -0.193. The van der Waals surface area contributed by atoms with Crippen LogP contribution in [0.4, 0.5) is 26.3 Å². The van der Waals surface area contributed by atoms with Crippen LogP contribution < -0.4 is 0 Å². The molecule has 0 aromatic carbocycles. The Morgan fingerprint density at radius 2 is 1.61 bits per heavy atom. The Balaban J connectivity index is 0.000000349. The third-order valence-electron chi connectivity index (χ3n) is 6.57. The van der Waals surface area contributed by atoms with E-state index in [-0.39, 0.29) is 18.1 Å². The molecule has 2 N–H and O–H groups in total. The van der Waals surface area contributed by atoms with Crippen molar-refractivity contribution in [1.82, 2.24) is 14.8 Å². The quantitative estimate of drug-likeness (QED) is 0.357. The molecule has 1 aromatic rings. The number of pyridine rings is 1. The number of alkyl halides is 6. The van der Waals surface area contributed by atoms with Crippen molar-refractivity contribution < 1.29 is 60.4 Å². The largest absolute Gasteiger partial charge is 0.490 e. The Bertz CT molecular complexity index is 958. The number of hydrogen-bond donors (Lipinski definition) is 2. The molecule has 1 atom stereocenters. The molecule has 16 heteroatoms. The first kappa shape index (κ1) is 34.2. The van der Waals surface area contributed by atoms with Gasteiger partial charge >= 0.3 is 24.3 Å². The maximum Gasteiger partial charge on any atom is 0.490 e. The van der Waals surface area contributed by atoms with E-state index < -0.39 is 24.3 Å². The van der Waals surface area contributed by atoms with Crippen molar-refractivity contribution >= 4 is 17.8 Å². The zero-order valence-electron chi connectivity index (χ0n) is 22.1. The van der Waals surface area contributed by atoms with Crippen molar-refractivity contribution in [3.8, 4) is 0 Å². The second kappa shape index (κ2) is 15.3. The number of carbonyl (C=O) groups is 3. The molecule has 0 bridgehead atoms. The third-order valence-corrected chi connectivity index (χ3v) is 6.57. The molecular weight excluding hydrogens is 568 g/mol. The highest BCUT2D eigenvalue weighted by molar-refractivity contribution is 5.77. The van der Waals surface area contributed by atoms with E-state index in [0.29, 0.717) is 12.5 Å². The molecule has 0 radical (unpaired) electrons. The summed E-state index contributed by atoms with van der Waals surface area (Å²) >= 11 is 0. The minimum atomic E-state index is -5.08. The zero-order chi connectivity index (χ0) is 30.7. The molecule has 3 saturated heterocycles. The van der Waals surface area contributed by atoms with Gasteiger partial charge in [-0.25, -0.2) is 9.59 Å². The molecule has 3 fully saturated rings. The molecule has 232 valence electrons. The maximum absolute atomic E-state index is 12.0. The predicted octanol–water partition coefficient (Wildman–Crippen LogP) is 3.36. The number of rotatable bonds is 7. The summed E-state index contributed by atoms with van der Waals surface area (Å²) in [6.07, 6.45) is -2.81. The summed E-state index contributed by atoms with van der Waals surface area (Å²) in [6.45, 7) is 6.46. The van der Waals surface area contributed by atoms with Crippen LogP contribution in [0.15, 0.2) is 24.4 Å². The van der Waals surface area contributed by atoms with Gasteiger partial charge in [0.25, 0.3) is 0 Å². The lowest BCUT2D eigenvalue weighted by Crippen LogP contribution is -2.64. The van der Waals surface area contributed by atoms with E-state index in [1.807, 2.05) is 23.2 Å². The van der Waals surface area contributed by atoms with Gasteiger partial charge in [-0.1, -0.05) is 6.07 Å².